The lowest BCUT2D eigenvalue weighted by atomic mass is 10.1. The van der Waals surface area contributed by atoms with Gasteiger partial charge in [-0.2, -0.15) is 0 Å². The van der Waals surface area contributed by atoms with Gasteiger partial charge in [-0.05, 0) is 43.6 Å². The van der Waals surface area contributed by atoms with Crippen LogP contribution in [0.1, 0.15) is 19.3 Å². The average molecular weight is 365 g/mol. The third kappa shape index (κ3) is 3.09. The lowest BCUT2D eigenvalue weighted by Gasteiger charge is -2.23. The molecule has 1 saturated carbocycles. The molecule has 1 aliphatic heterocycles. The highest BCUT2D eigenvalue weighted by Gasteiger charge is 2.71. The number of carbonyl (C=O) groups excluding carboxylic acids is 1. The van der Waals surface area contributed by atoms with E-state index in [1.165, 1.54) is 11.4 Å². The number of carbonyl (C=O) groups is 1. The molecule has 3 rings (SSSR count). The molecule has 3 unspecified atom stereocenters. The third-order valence-corrected chi connectivity index (χ3v) is 7.95. The number of rotatable bonds is 5. The van der Waals surface area contributed by atoms with E-state index >= 15 is 0 Å². The summed E-state index contributed by atoms with van der Waals surface area (Å²) in [6.45, 7) is 3.77. The largest absolute Gasteiger partial charge is 0.298 e. The minimum atomic E-state index is -0.601. The lowest BCUT2D eigenvalue weighted by Crippen LogP contribution is -2.40. The minimum absolute atomic E-state index is 0.0689. The number of aliphatic imine (C=N–C) groups is 2. The fourth-order valence-corrected chi connectivity index (χ4v) is 6.96. The van der Waals surface area contributed by atoms with Gasteiger partial charge in [-0.3, -0.25) is 19.8 Å². The molecule has 1 saturated heterocycles. The maximum atomic E-state index is 13.1. The van der Waals surface area contributed by atoms with E-state index in [0.717, 1.165) is 30.0 Å². The number of hydrogen-bond donors (Lipinski definition) is 1. The van der Waals surface area contributed by atoms with Crippen LogP contribution in [0.4, 0.5) is 0 Å². The average Bonchev–Trinajstić information content (AvgIpc) is 3.31. The van der Waals surface area contributed by atoms with Crippen molar-refractivity contribution in [3.8, 4) is 0 Å². The summed E-state index contributed by atoms with van der Waals surface area (Å²) in [5, 5.41) is 1.33. The Balaban J connectivity index is 1.83. The molecule has 0 radical (unpaired) electrons. The first kappa shape index (κ1) is 17.8. The number of hydrogen-bond acceptors (Lipinski definition) is 6. The normalized spacial score (nSPS) is 33.3. The Morgan fingerprint density at radius 2 is 2.25 bits per heavy atom. The van der Waals surface area contributed by atoms with Crippen molar-refractivity contribution in [2.75, 3.05) is 18.6 Å². The van der Waals surface area contributed by atoms with Crippen molar-refractivity contribution in [2.45, 2.75) is 29.4 Å². The summed E-state index contributed by atoms with van der Waals surface area (Å²) >= 11 is 3.84. The van der Waals surface area contributed by atoms with E-state index < -0.39 is 5.54 Å². The smallest absolute Gasteiger partial charge is 0.247 e. The van der Waals surface area contributed by atoms with Crippen molar-refractivity contribution >= 4 is 42.4 Å². The van der Waals surface area contributed by atoms with Gasteiger partial charge in [0.05, 0.1) is 10.5 Å². The van der Waals surface area contributed by atoms with Gasteiger partial charge in [0, 0.05) is 24.9 Å². The quantitative estimate of drug-likeness (QED) is 0.352. The maximum absolute atomic E-state index is 13.1. The van der Waals surface area contributed by atoms with Gasteiger partial charge < -0.3 is 0 Å². The highest BCUT2D eigenvalue weighted by atomic mass is 32.2. The number of allylic oxidation sites excluding steroid dienone is 4. The van der Waals surface area contributed by atoms with Crippen molar-refractivity contribution < 1.29 is 4.79 Å². The zero-order valence-electron chi connectivity index (χ0n) is 13.9. The van der Waals surface area contributed by atoms with Gasteiger partial charge in [0.1, 0.15) is 5.54 Å². The van der Waals surface area contributed by atoms with Gasteiger partial charge in [0.15, 0.2) is 0 Å². The van der Waals surface area contributed by atoms with E-state index in [0.29, 0.717) is 4.58 Å². The topological polar surface area (TPSA) is 71.0 Å². The summed E-state index contributed by atoms with van der Waals surface area (Å²) in [5.41, 5.74) is 0.264. The molecule has 5 nitrogen and oxygen atoms in total. The molecule has 0 bridgehead atoms. The first-order valence-electron chi connectivity index (χ1n) is 8.24. The van der Waals surface area contributed by atoms with Crippen LogP contribution in [0.15, 0.2) is 33.9 Å². The van der Waals surface area contributed by atoms with E-state index in [9.17, 15) is 4.79 Å². The molecule has 7 heteroatoms. The van der Waals surface area contributed by atoms with Crippen LogP contribution >= 0.6 is 23.5 Å². The van der Waals surface area contributed by atoms with E-state index in [2.05, 4.69) is 22.8 Å². The molecule has 2 fully saturated rings. The van der Waals surface area contributed by atoms with Crippen LogP contribution < -0.4 is 5.84 Å². The fourth-order valence-electron chi connectivity index (χ4n) is 3.56. The molecule has 2 aliphatic carbocycles. The molecule has 130 valence electrons. The van der Waals surface area contributed by atoms with Crippen molar-refractivity contribution in [2.24, 2.45) is 27.7 Å². The Bertz CT molecular complexity index is 597. The van der Waals surface area contributed by atoms with Gasteiger partial charge in [-0.1, -0.05) is 12.2 Å². The van der Waals surface area contributed by atoms with Crippen LogP contribution in [0.5, 0.6) is 0 Å². The molecule has 0 aromatic carbocycles. The van der Waals surface area contributed by atoms with Crippen LogP contribution in [0.3, 0.4) is 0 Å². The molecule has 0 aromatic heterocycles. The van der Waals surface area contributed by atoms with Crippen LogP contribution in [-0.2, 0) is 4.79 Å². The zero-order valence-corrected chi connectivity index (χ0v) is 15.6. The summed E-state index contributed by atoms with van der Waals surface area (Å²) in [6.07, 6.45) is 10.7. The van der Waals surface area contributed by atoms with Crippen molar-refractivity contribution in [1.82, 2.24) is 5.01 Å². The monoisotopic (exact) mass is 364 g/mol. The highest BCUT2D eigenvalue weighted by Crippen LogP contribution is 2.61. The second-order valence-electron chi connectivity index (χ2n) is 6.23. The first-order valence-corrected chi connectivity index (χ1v) is 10.3. The van der Waals surface area contributed by atoms with Gasteiger partial charge >= 0.3 is 0 Å². The van der Waals surface area contributed by atoms with Gasteiger partial charge in [-0.25, -0.2) is 5.84 Å². The molecule has 3 atom stereocenters. The second-order valence-corrected chi connectivity index (χ2v) is 9.03. The predicted octanol–water partition coefficient (Wildman–Crippen LogP) is 2.50. The number of nitrogens with zero attached hydrogens (tertiary/aromatic N) is 3. The Morgan fingerprint density at radius 3 is 2.83 bits per heavy atom. The van der Waals surface area contributed by atoms with Crippen molar-refractivity contribution in [3.05, 3.63) is 23.9 Å². The fraction of sp³-hybridized carbons (Fsp3) is 0.588. The first-order chi connectivity index (χ1) is 11.7. The summed E-state index contributed by atoms with van der Waals surface area (Å²) in [6, 6.07) is 0. The molecular formula is C17H24N4OS2. The molecule has 2 N–H and O–H groups in total. The molecular weight excluding hydrogens is 340 g/mol. The molecule has 1 amide bonds. The Kier molecular flexibility index (Phi) is 5.52. The number of amides is 1. The van der Waals surface area contributed by atoms with Gasteiger partial charge in [-0.15, -0.1) is 23.5 Å². The van der Waals surface area contributed by atoms with E-state index in [-0.39, 0.29) is 17.7 Å². The Morgan fingerprint density at radius 1 is 1.50 bits per heavy atom. The van der Waals surface area contributed by atoms with Crippen LogP contribution in [0, 0.1) is 11.8 Å². The van der Waals surface area contributed by atoms with E-state index in [1.54, 1.807) is 13.3 Å². The summed E-state index contributed by atoms with van der Waals surface area (Å²) in [5.74, 6) is 8.21. The van der Waals surface area contributed by atoms with Crippen LogP contribution in [0.25, 0.3) is 0 Å². The SMILES string of the molecule is C=NC1(C=NC)C(C(=O)N(N)C2=CC=CCC2)C1C1SCCCS1. The Hall–Kier alpha value is -1.05. The molecule has 1 heterocycles. The minimum Gasteiger partial charge on any atom is -0.298 e. The van der Waals surface area contributed by atoms with Crippen molar-refractivity contribution in [1.29, 1.82) is 0 Å². The lowest BCUT2D eigenvalue weighted by molar-refractivity contribution is -0.131. The van der Waals surface area contributed by atoms with Crippen LogP contribution in [-0.4, -0.2) is 52.5 Å². The van der Waals surface area contributed by atoms with Crippen molar-refractivity contribution in [3.63, 3.8) is 0 Å². The third-order valence-electron chi connectivity index (χ3n) is 4.84. The molecule has 24 heavy (non-hydrogen) atoms. The van der Waals surface area contributed by atoms with Crippen LogP contribution in [0.2, 0.25) is 0 Å². The van der Waals surface area contributed by atoms with E-state index in [4.69, 9.17) is 5.84 Å². The second kappa shape index (κ2) is 7.45. The Labute approximate surface area is 151 Å². The maximum Gasteiger partial charge on any atom is 0.247 e. The summed E-state index contributed by atoms with van der Waals surface area (Å²) in [4.78, 5) is 21.6. The predicted molar refractivity (Wildman–Crippen MR) is 104 cm³/mol. The number of thioether (sulfide) groups is 2. The number of nitrogens with two attached hydrogens (primary N) is 1. The summed E-state index contributed by atoms with van der Waals surface area (Å²) < 4.78 is 0.352. The summed E-state index contributed by atoms with van der Waals surface area (Å²) in [7, 11) is 1.72. The molecule has 0 aromatic rings. The zero-order chi connectivity index (χ0) is 17.2. The number of hydrazine groups is 1. The van der Waals surface area contributed by atoms with Gasteiger partial charge in [0.2, 0.25) is 5.91 Å². The molecule has 3 aliphatic rings. The standard InChI is InChI=1S/C17H24N4OS2/c1-19-11-17(20-2)13(14(17)16-23-9-6-10-24-16)15(22)21(18)12-7-4-3-5-8-12/h3-4,7,11,13-14,16H,2,5-6,8-10,18H2,1H3. The molecule has 0 spiro atoms. The van der Waals surface area contributed by atoms with E-state index in [1.807, 2.05) is 35.7 Å². The van der Waals surface area contributed by atoms with Gasteiger partial charge in [0.25, 0.3) is 0 Å². The highest BCUT2D eigenvalue weighted by molar-refractivity contribution is 8.17.